The maximum Gasteiger partial charge on any atom is 0.243 e. The predicted octanol–water partition coefficient (Wildman–Crippen LogP) is 1.59. The molecule has 1 aliphatic rings. The largest absolute Gasteiger partial charge is 0.385 e. The molecule has 0 amide bonds. The number of aromatic nitrogens is 2. The molecule has 0 aliphatic carbocycles. The molecule has 0 radical (unpaired) electrons. The normalized spacial score (nSPS) is 14.8. The highest BCUT2D eigenvalue weighted by Gasteiger charge is 2.23. The molecular formula is C14H18N4O2S. The van der Waals surface area contributed by atoms with Gasteiger partial charge in [0.2, 0.25) is 10.0 Å². The van der Waals surface area contributed by atoms with E-state index in [9.17, 15) is 8.42 Å². The van der Waals surface area contributed by atoms with Crippen molar-refractivity contribution in [1.82, 2.24) is 14.3 Å². The summed E-state index contributed by atoms with van der Waals surface area (Å²) in [7, 11) is -1.94. The Hall–Kier alpha value is -1.86. The number of H-pyrrole nitrogens is 1. The van der Waals surface area contributed by atoms with Crippen molar-refractivity contribution in [3.63, 3.8) is 0 Å². The molecular weight excluding hydrogens is 288 g/mol. The number of aryl methyl sites for hydroxylation is 1. The molecule has 6 nitrogen and oxygen atoms in total. The zero-order valence-electron chi connectivity index (χ0n) is 11.8. The Bertz CT molecular complexity index is 725. The first-order valence-electron chi connectivity index (χ1n) is 6.89. The number of hydrogen-bond acceptors (Lipinski definition) is 4. The number of nitrogens with zero attached hydrogens (tertiary/aromatic N) is 2. The minimum atomic E-state index is -3.50. The first kappa shape index (κ1) is 14.1. The molecule has 7 heteroatoms. The average Bonchev–Trinajstić information content (AvgIpc) is 2.99. The van der Waals surface area contributed by atoms with Gasteiger partial charge in [-0.05, 0) is 36.6 Å². The number of fused-ring (bicyclic) bond motifs is 1. The third-order valence-electron chi connectivity index (χ3n) is 3.65. The lowest BCUT2D eigenvalue weighted by Crippen LogP contribution is -2.27. The van der Waals surface area contributed by atoms with E-state index in [2.05, 4.69) is 15.3 Å². The van der Waals surface area contributed by atoms with E-state index in [0.29, 0.717) is 10.7 Å². The maximum absolute atomic E-state index is 12.6. The fraction of sp³-hybridized carbons (Fsp3) is 0.357. The molecule has 1 aliphatic heterocycles. The van der Waals surface area contributed by atoms with Crippen LogP contribution in [0.1, 0.15) is 17.8 Å². The molecule has 112 valence electrons. The first-order chi connectivity index (χ1) is 10.1. The van der Waals surface area contributed by atoms with Gasteiger partial charge in [0, 0.05) is 31.7 Å². The summed E-state index contributed by atoms with van der Waals surface area (Å²) in [4.78, 5) is 7.31. The van der Waals surface area contributed by atoms with Gasteiger partial charge in [0.15, 0.2) is 0 Å². The van der Waals surface area contributed by atoms with E-state index in [4.69, 9.17) is 0 Å². The number of sulfonamides is 1. The van der Waals surface area contributed by atoms with E-state index < -0.39 is 10.0 Å². The van der Waals surface area contributed by atoms with Crippen LogP contribution in [-0.2, 0) is 23.0 Å². The molecule has 21 heavy (non-hydrogen) atoms. The summed E-state index contributed by atoms with van der Waals surface area (Å²) in [5.41, 5.74) is 2.10. The lowest BCUT2D eigenvalue weighted by Gasteiger charge is -2.21. The van der Waals surface area contributed by atoms with Crippen LogP contribution in [0.2, 0.25) is 0 Å². The van der Waals surface area contributed by atoms with Crippen molar-refractivity contribution in [2.75, 3.05) is 18.9 Å². The topological polar surface area (TPSA) is 78.1 Å². The van der Waals surface area contributed by atoms with Crippen LogP contribution in [0.15, 0.2) is 35.5 Å². The number of aromatic amines is 1. The van der Waals surface area contributed by atoms with Gasteiger partial charge in [-0.25, -0.2) is 13.4 Å². The fourth-order valence-electron chi connectivity index (χ4n) is 2.47. The van der Waals surface area contributed by atoms with Crippen molar-refractivity contribution in [3.8, 4) is 0 Å². The second-order valence-corrected chi connectivity index (χ2v) is 7.19. The number of hydrogen-bond donors (Lipinski definition) is 2. The van der Waals surface area contributed by atoms with Crippen molar-refractivity contribution < 1.29 is 8.42 Å². The number of rotatable bonds is 4. The molecule has 0 bridgehead atoms. The second kappa shape index (κ2) is 5.50. The highest BCUT2D eigenvalue weighted by atomic mass is 32.2. The summed E-state index contributed by atoms with van der Waals surface area (Å²) in [5.74, 6) is 0.626. The van der Waals surface area contributed by atoms with Gasteiger partial charge in [-0.2, -0.15) is 4.31 Å². The number of nitrogens with one attached hydrogen (secondary N) is 2. The zero-order chi connectivity index (χ0) is 14.9. The molecule has 0 atom stereocenters. The quantitative estimate of drug-likeness (QED) is 0.899. The van der Waals surface area contributed by atoms with Crippen LogP contribution in [0.25, 0.3) is 0 Å². The van der Waals surface area contributed by atoms with Crippen molar-refractivity contribution in [2.24, 2.45) is 0 Å². The first-order valence-corrected chi connectivity index (χ1v) is 8.33. The van der Waals surface area contributed by atoms with Gasteiger partial charge >= 0.3 is 0 Å². The maximum atomic E-state index is 12.6. The highest BCUT2D eigenvalue weighted by Crippen LogP contribution is 2.26. The van der Waals surface area contributed by atoms with Crippen molar-refractivity contribution in [3.05, 3.63) is 42.0 Å². The van der Waals surface area contributed by atoms with Gasteiger partial charge in [-0.15, -0.1) is 0 Å². The van der Waals surface area contributed by atoms with Gasteiger partial charge < -0.3 is 10.3 Å². The van der Waals surface area contributed by atoms with Crippen molar-refractivity contribution >= 4 is 15.7 Å². The molecule has 2 heterocycles. The summed E-state index contributed by atoms with van der Waals surface area (Å²) in [6.07, 6.45) is 5.23. The molecule has 0 spiro atoms. The lowest BCUT2D eigenvalue weighted by atomic mass is 10.0. The summed E-state index contributed by atoms with van der Waals surface area (Å²) < 4.78 is 26.5. The second-order valence-electron chi connectivity index (χ2n) is 5.15. The average molecular weight is 306 g/mol. The standard InChI is InChI=1S/C14H18N4O2S/c1-18(10-14-16-7-8-17-14)21(19,20)12-4-5-13-11(9-12)3-2-6-15-13/h4-5,7-9,15H,2-3,6,10H2,1H3,(H,16,17). The summed E-state index contributed by atoms with van der Waals surface area (Å²) in [6, 6.07) is 5.28. The molecule has 0 unspecified atom stereocenters. The van der Waals surface area contributed by atoms with Crippen molar-refractivity contribution in [2.45, 2.75) is 24.3 Å². The van der Waals surface area contributed by atoms with Crippen LogP contribution < -0.4 is 5.32 Å². The summed E-state index contributed by atoms with van der Waals surface area (Å²) >= 11 is 0. The molecule has 1 aromatic carbocycles. The molecule has 1 aromatic heterocycles. The Labute approximate surface area is 124 Å². The van der Waals surface area contributed by atoms with E-state index in [-0.39, 0.29) is 6.54 Å². The predicted molar refractivity (Wildman–Crippen MR) is 80.5 cm³/mol. The van der Waals surface area contributed by atoms with Gasteiger partial charge in [0.05, 0.1) is 11.4 Å². The Balaban J connectivity index is 1.87. The third kappa shape index (κ3) is 2.79. The molecule has 0 fully saturated rings. The highest BCUT2D eigenvalue weighted by molar-refractivity contribution is 7.89. The number of imidazole rings is 1. The fourth-order valence-corrected chi connectivity index (χ4v) is 3.66. The van der Waals surface area contributed by atoms with Gasteiger partial charge in [-0.3, -0.25) is 0 Å². The Morgan fingerprint density at radius 2 is 2.24 bits per heavy atom. The monoisotopic (exact) mass is 306 g/mol. The summed E-state index contributed by atoms with van der Waals surface area (Å²) in [5, 5.41) is 3.28. The number of anilines is 1. The Morgan fingerprint density at radius 1 is 1.38 bits per heavy atom. The van der Waals surface area contributed by atoms with Gasteiger partial charge in [0.25, 0.3) is 0 Å². The van der Waals surface area contributed by atoms with Crippen LogP contribution in [-0.4, -0.2) is 36.3 Å². The van der Waals surface area contributed by atoms with E-state index in [1.165, 1.54) is 4.31 Å². The Morgan fingerprint density at radius 3 is 3.00 bits per heavy atom. The van der Waals surface area contributed by atoms with Crippen LogP contribution in [0, 0.1) is 0 Å². The van der Waals surface area contributed by atoms with E-state index in [1.807, 2.05) is 6.07 Å². The van der Waals surface area contributed by atoms with Crippen LogP contribution >= 0.6 is 0 Å². The van der Waals surface area contributed by atoms with Gasteiger partial charge in [-0.1, -0.05) is 0 Å². The number of benzene rings is 1. The zero-order valence-corrected chi connectivity index (χ0v) is 12.7. The minimum absolute atomic E-state index is 0.227. The van der Waals surface area contributed by atoms with Crippen LogP contribution in [0.3, 0.4) is 0 Å². The molecule has 0 saturated carbocycles. The third-order valence-corrected chi connectivity index (χ3v) is 5.45. The van der Waals surface area contributed by atoms with E-state index in [1.54, 1.807) is 31.6 Å². The smallest absolute Gasteiger partial charge is 0.243 e. The van der Waals surface area contributed by atoms with Crippen LogP contribution in [0.4, 0.5) is 5.69 Å². The van der Waals surface area contributed by atoms with E-state index >= 15 is 0 Å². The molecule has 3 rings (SSSR count). The SMILES string of the molecule is CN(Cc1ncc[nH]1)S(=O)(=O)c1ccc2c(c1)CCCN2. The Kier molecular flexibility index (Phi) is 3.69. The van der Waals surface area contributed by atoms with Crippen LogP contribution in [0.5, 0.6) is 0 Å². The van der Waals surface area contributed by atoms with Gasteiger partial charge in [0.1, 0.15) is 5.82 Å². The molecule has 0 saturated heterocycles. The summed E-state index contributed by atoms with van der Waals surface area (Å²) in [6.45, 7) is 1.17. The molecule has 2 aromatic rings. The lowest BCUT2D eigenvalue weighted by molar-refractivity contribution is 0.458. The molecule has 2 N–H and O–H groups in total. The minimum Gasteiger partial charge on any atom is -0.385 e. The van der Waals surface area contributed by atoms with Crippen molar-refractivity contribution in [1.29, 1.82) is 0 Å². The van der Waals surface area contributed by atoms with E-state index in [0.717, 1.165) is 30.6 Å².